The van der Waals surface area contributed by atoms with Crippen LogP contribution in [0.2, 0.25) is 0 Å². The van der Waals surface area contributed by atoms with Gasteiger partial charge >= 0.3 is 0 Å². The minimum absolute atomic E-state index is 0. The number of para-hydroxylation sites is 1. The molecule has 0 spiro atoms. The number of ether oxygens (including phenoxy) is 2. The Balaban J connectivity index is 0.000000395. The Hall–Kier alpha value is -2.57. The van der Waals surface area contributed by atoms with Gasteiger partial charge in [-0.15, -0.1) is 24.0 Å². The molecule has 0 heterocycles. The molecule has 0 unspecified atom stereocenters. The van der Waals surface area contributed by atoms with Gasteiger partial charge in [0, 0.05) is 13.7 Å². The third-order valence-electron chi connectivity index (χ3n) is 6.65. The van der Waals surface area contributed by atoms with E-state index in [4.69, 9.17) is 21.1 Å². The SMILES string of the molecule is CCN(CC)CCOc1ccc(Cc2ccccc2)cc1.CCc1cccc(CC)c1N(COC)C(=O)CCl.Cl. The molecule has 0 aliphatic rings. The molecule has 0 atom stereocenters. The average molecular weight is 590 g/mol. The van der Waals surface area contributed by atoms with E-state index < -0.39 is 0 Å². The van der Waals surface area contributed by atoms with Crippen molar-refractivity contribution in [3.63, 3.8) is 0 Å². The Kier molecular flexibility index (Phi) is 18.0. The molecule has 0 saturated carbocycles. The van der Waals surface area contributed by atoms with Crippen molar-refractivity contribution in [3.8, 4) is 5.75 Å². The molecule has 3 aromatic carbocycles. The first-order valence-corrected chi connectivity index (χ1v) is 14.5. The molecule has 0 saturated heterocycles. The van der Waals surface area contributed by atoms with E-state index in [0.29, 0.717) is 0 Å². The average Bonchev–Trinajstić information content (AvgIpc) is 2.99. The molecule has 40 heavy (non-hydrogen) atoms. The number of carbonyl (C=O) groups is 1. The van der Waals surface area contributed by atoms with Crippen LogP contribution >= 0.6 is 24.0 Å². The van der Waals surface area contributed by atoms with Crippen molar-refractivity contribution in [1.29, 1.82) is 0 Å². The molecular weight excluding hydrogens is 543 g/mol. The van der Waals surface area contributed by atoms with E-state index in [1.54, 1.807) is 12.0 Å². The number of aryl methyl sites for hydroxylation is 2. The number of anilines is 1. The molecule has 3 aromatic rings. The third-order valence-corrected chi connectivity index (χ3v) is 6.88. The maximum atomic E-state index is 12.0. The van der Waals surface area contributed by atoms with Gasteiger partial charge in [-0.2, -0.15) is 0 Å². The van der Waals surface area contributed by atoms with Crippen LogP contribution in [0.3, 0.4) is 0 Å². The lowest BCUT2D eigenvalue weighted by atomic mass is 10.0. The normalized spacial score (nSPS) is 10.4. The Morgan fingerprint density at radius 1 is 0.800 bits per heavy atom. The lowest BCUT2D eigenvalue weighted by Crippen LogP contribution is -2.35. The summed E-state index contributed by atoms with van der Waals surface area (Å²) in [5.74, 6) is 0.790. The molecule has 3 rings (SSSR count). The van der Waals surface area contributed by atoms with Crippen molar-refractivity contribution in [1.82, 2.24) is 4.90 Å². The van der Waals surface area contributed by atoms with Crippen molar-refractivity contribution in [2.75, 3.05) is 50.9 Å². The zero-order valence-electron chi connectivity index (χ0n) is 24.7. The van der Waals surface area contributed by atoms with Crippen LogP contribution in [0.15, 0.2) is 72.8 Å². The predicted molar refractivity (Wildman–Crippen MR) is 172 cm³/mol. The van der Waals surface area contributed by atoms with Crippen molar-refractivity contribution in [2.24, 2.45) is 0 Å². The summed E-state index contributed by atoms with van der Waals surface area (Å²) < 4.78 is 10.9. The maximum absolute atomic E-state index is 12.0. The Labute approximate surface area is 252 Å². The summed E-state index contributed by atoms with van der Waals surface area (Å²) in [6.45, 7) is 12.6. The van der Waals surface area contributed by atoms with Gasteiger partial charge in [-0.25, -0.2) is 0 Å². The van der Waals surface area contributed by atoms with E-state index in [9.17, 15) is 4.79 Å². The first-order chi connectivity index (χ1) is 19.0. The van der Waals surface area contributed by atoms with Gasteiger partial charge in [0.1, 0.15) is 25.0 Å². The Bertz CT molecular complexity index is 1070. The minimum atomic E-state index is -0.130. The van der Waals surface area contributed by atoms with Crippen molar-refractivity contribution in [2.45, 2.75) is 47.0 Å². The number of rotatable bonds is 14. The monoisotopic (exact) mass is 588 g/mol. The van der Waals surface area contributed by atoms with Crippen molar-refractivity contribution < 1.29 is 14.3 Å². The second kappa shape index (κ2) is 20.3. The van der Waals surface area contributed by atoms with Crippen LogP contribution in [0.5, 0.6) is 5.75 Å². The highest BCUT2D eigenvalue weighted by molar-refractivity contribution is 6.29. The fraction of sp³-hybridized carbons (Fsp3) is 0.424. The van der Waals surface area contributed by atoms with Gasteiger partial charge in [-0.05, 0) is 66.7 Å². The van der Waals surface area contributed by atoms with E-state index in [0.717, 1.165) is 68.1 Å². The lowest BCUT2D eigenvalue weighted by molar-refractivity contribution is -0.117. The number of hydrogen-bond donors (Lipinski definition) is 0. The first kappa shape index (κ1) is 35.5. The summed E-state index contributed by atoms with van der Waals surface area (Å²) in [5, 5.41) is 0. The summed E-state index contributed by atoms with van der Waals surface area (Å²) in [4.78, 5) is 15.9. The number of halogens is 2. The number of methoxy groups -OCH3 is 1. The van der Waals surface area contributed by atoms with E-state index in [1.807, 2.05) is 18.2 Å². The fourth-order valence-corrected chi connectivity index (χ4v) is 4.54. The minimum Gasteiger partial charge on any atom is -0.492 e. The van der Waals surface area contributed by atoms with Gasteiger partial charge < -0.3 is 14.4 Å². The fourth-order valence-electron chi connectivity index (χ4n) is 4.39. The van der Waals surface area contributed by atoms with Crippen LogP contribution in [-0.4, -0.2) is 56.8 Å². The van der Waals surface area contributed by atoms with E-state index in [1.165, 1.54) is 11.1 Å². The van der Waals surface area contributed by atoms with Crippen LogP contribution in [0, 0.1) is 0 Å². The summed E-state index contributed by atoms with van der Waals surface area (Å²) in [6, 6.07) is 25.1. The van der Waals surface area contributed by atoms with Crippen molar-refractivity contribution in [3.05, 3.63) is 95.1 Å². The molecule has 0 bridgehead atoms. The molecule has 0 fully saturated rings. The number of likely N-dealkylation sites (N-methyl/N-ethyl adjacent to an activating group) is 1. The first-order valence-electron chi connectivity index (χ1n) is 13.9. The molecular formula is C33H46Cl2N2O3. The molecule has 0 N–H and O–H groups in total. The summed E-state index contributed by atoms with van der Waals surface area (Å²) in [6.07, 6.45) is 2.72. The van der Waals surface area contributed by atoms with Crippen LogP contribution in [0.25, 0.3) is 0 Å². The molecule has 0 aliphatic heterocycles. The van der Waals surface area contributed by atoms with Gasteiger partial charge in [0.2, 0.25) is 5.91 Å². The number of hydrogen-bond acceptors (Lipinski definition) is 4. The summed E-state index contributed by atoms with van der Waals surface area (Å²) in [5.41, 5.74) is 5.90. The third kappa shape index (κ3) is 11.5. The molecule has 5 nitrogen and oxygen atoms in total. The number of nitrogens with zero attached hydrogens (tertiary/aromatic N) is 2. The molecule has 7 heteroatoms. The largest absolute Gasteiger partial charge is 0.492 e. The number of alkyl halides is 1. The molecule has 0 aromatic heterocycles. The zero-order chi connectivity index (χ0) is 28.5. The van der Waals surface area contributed by atoms with Gasteiger partial charge in [0.05, 0.1) is 5.69 Å². The Morgan fingerprint density at radius 2 is 1.38 bits per heavy atom. The Morgan fingerprint density at radius 3 is 1.88 bits per heavy atom. The lowest BCUT2D eigenvalue weighted by Gasteiger charge is -2.26. The van der Waals surface area contributed by atoms with Crippen LogP contribution in [0.4, 0.5) is 5.69 Å². The van der Waals surface area contributed by atoms with Crippen LogP contribution in [-0.2, 0) is 28.8 Å². The zero-order valence-corrected chi connectivity index (χ0v) is 26.3. The van der Waals surface area contributed by atoms with Crippen LogP contribution in [0.1, 0.15) is 49.9 Å². The highest BCUT2D eigenvalue weighted by Gasteiger charge is 2.19. The molecule has 220 valence electrons. The number of carbonyl (C=O) groups excluding carboxylic acids is 1. The molecule has 1 amide bonds. The van der Waals surface area contributed by atoms with Crippen LogP contribution < -0.4 is 9.64 Å². The quantitative estimate of drug-likeness (QED) is 0.145. The second-order valence-corrected chi connectivity index (χ2v) is 9.45. The summed E-state index contributed by atoms with van der Waals surface area (Å²) in [7, 11) is 1.58. The maximum Gasteiger partial charge on any atom is 0.243 e. The molecule has 0 radical (unpaired) electrons. The van der Waals surface area contributed by atoms with Crippen molar-refractivity contribution >= 4 is 35.6 Å². The smallest absolute Gasteiger partial charge is 0.243 e. The van der Waals surface area contributed by atoms with E-state index in [-0.39, 0.29) is 30.9 Å². The van der Waals surface area contributed by atoms with Gasteiger partial charge in [0.15, 0.2) is 0 Å². The topological polar surface area (TPSA) is 42.0 Å². The van der Waals surface area contributed by atoms with Gasteiger partial charge in [-0.3, -0.25) is 9.69 Å². The van der Waals surface area contributed by atoms with E-state index >= 15 is 0 Å². The van der Waals surface area contributed by atoms with Gasteiger partial charge in [0.25, 0.3) is 0 Å². The standard InChI is InChI=1S/C19H25NO.C14H20ClNO2.ClH/c1-3-20(4-2)14-15-21-19-12-10-18(11-13-19)16-17-8-6-5-7-9-17;1-4-11-7-6-8-12(5-2)14(11)16(10-18-3)13(17)9-15;/h5-13H,3-4,14-16H2,1-2H3;6-8H,4-5,9-10H2,1-3H3;1H. The van der Waals surface area contributed by atoms with E-state index in [2.05, 4.69) is 87.2 Å². The highest BCUT2D eigenvalue weighted by atomic mass is 35.5. The van der Waals surface area contributed by atoms with Gasteiger partial charge in [-0.1, -0.05) is 88.4 Å². The summed E-state index contributed by atoms with van der Waals surface area (Å²) >= 11 is 5.68. The highest BCUT2D eigenvalue weighted by Crippen LogP contribution is 2.27. The number of amides is 1. The predicted octanol–water partition coefficient (Wildman–Crippen LogP) is 7.41. The second-order valence-electron chi connectivity index (χ2n) is 9.19. The number of benzene rings is 3. The molecule has 0 aliphatic carbocycles.